The molecule has 0 saturated carbocycles. The first-order chi connectivity index (χ1) is 10.6. The van der Waals surface area contributed by atoms with Crippen molar-refractivity contribution in [1.29, 1.82) is 0 Å². The lowest BCUT2D eigenvalue weighted by Gasteiger charge is -2.24. The molecule has 0 aromatic heterocycles. The summed E-state index contributed by atoms with van der Waals surface area (Å²) >= 11 is 0. The van der Waals surface area contributed by atoms with Crippen LogP contribution in [0.5, 0.6) is 0 Å². The van der Waals surface area contributed by atoms with Crippen molar-refractivity contribution in [2.24, 2.45) is 0 Å². The summed E-state index contributed by atoms with van der Waals surface area (Å²) in [6, 6.07) is 6.12. The second-order valence-corrected chi connectivity index (χ2v) is 5.52. The van der Waals surface area contributed by atoms with E-state index in [9.17, 15) is 14.0 Å². The lowest BCUT2D eigenvalue weighted by Crippen LogP contribution is -2.45. The summed E-state index contributed by atoms with van der Waals surface area (Å²) in [5.74, 6) is -0.706. The molecule has 1 fully saturated rings. The van der Waals surface area contributed by atoms with Gasteiger partial charge in [-0.25, -0.2) is 4.39 Å². The van der Waals surface area contributed by atoms with E-state index in [0.717, 1.165) is 25.9 Å². The topological polar surface area (TPSA) is 61.4 Å². The van der Waals surface area contributed by atoms with Gasteiger partial charge < -0.3 is 15.5 Å². The fourth-order valence-electron chi connectivity index (χ4n) is 2.78. The molecular formula is C16H22FN3O2. The minimum absolute atomic E-state index is 0.00559. The van der Waals surface area contributed by atoms with Crippen LogP contribution in [-0.4, -0.2) is 49.4 Å². The summed E-state index contributed by atoms with van der Waals surface area (Å²) in [5.41, 5.74) is 0.596. The van der Waals surface area contributed by atoms with Crippen LogP contribution in [0.1, 0.15) is 18.4 Å². The maximum atomic E-state index is 13.1. The van der Waals surface area contributed by atoms with Gasteiger partial charge in [0.2, 0.25) is 11.8 Å². The Morgan fingerprint density at radius 3 is 2.95 bits per heavy atom. The van der Waals surface area contributed by atoms with Gasteiger partial charge in [-0.2, -0.15) is 0 Å². The highest BCUT2D eigenvalue weighted by Crippen LogP contribution is 2.16. The van der Waals surface area contributed by atoms with Crippen molar-refractivity contribution in [2.75, 3.05) is 26.7 Å². The number of carbonyl (C=O) groups excluding carboxylic acids is 2. The minimum atomic E-state index is -0.367. The van der Waals surface area contributed by atoms with E-state index in [1.54, 1.807) is 12.1 Å². The highest BCUT2D eigenvalue weighted by atomic mass is 19.1. The first-order valence-corrected chi connectivity index (χ1v) is 7.55. The number of likely N-dealkylation sites (N-methyl/N-ethyl adjacent to an activating group) is 1. The summed E-state index contributed by atoms with van der Waals surface area (Å²) in [6.07, 6.45) is 2.06. The van der Waals surface area contributed by atoms with Gasteiger partial charge in [0.1, 0.15) is 5.82 Å². The first-order valence-electron chi connectivity index (χ1n) is 7.55. The van der Waals surface area contributed by atoms with Crippen LogP contribution in [0.25, 0.3) is 0 Å². The summed E-state index contributed by atoms with van der Waals surface area (Å²) in [4.78, 5) is 25.8. The highest BCUT2D eigenvalue weighted by Gasteiger charge is 2.27. The maximum absolute atomic E-state index is 13.1. The third kappa shape index (κ3) is 4.53. The predicted molar refractivity (Wildman–Crippen MR) is 81.8 cm³/mol. The summed E-state index contributed by atoms with van der Waals surface area (Å²) in [7, 11) is 1.86. The molecule has 0 spiro atoms. The SMILES string of the molecule is CNCC1CCCN1C(=O)CNC(=O)Cc1cccc(F)c1. The average Bonchev–Trinajstić information content (AvgIpc) is 2.93. The average molecular weight is 307 g/mol. The van der Waals surface area contributed by atoms with E-state index in [2.05, 4.69) is 10.6 Å². The molecule has 1 aliphatic rings. The molecule has 1 unspecified atom stereocenters. The lowest BCUT2D eigenvalue weighted by atomic mass is 10.1. The van der Waals surface area contributed by atoms with E-state index < -0.39 is 0 Å². The number of hydrogen-bond acceptors (Lipinski definition) is 3. The number of carbonyl (C=O) groups is 2. The summed E-state index contributed by atoms with van der Waals surface area (Å²) in [6.45, 7) is 1.50. The molecule has 1 atom stereocenters. The van der Waals surface area contributed by atoms with Gasteiger partial charge in [-0.1, -0.05) is 12.1 Å². The molecule has 2 amide bonds. The Kier molecular flexibility index (Phi) is 5.89. The number of nitrogens with one attached hydrogen (secondary N) is 2. The second-order valence-electron chi connectivity index (χ2n) is 5.52. The maximum Gasteiger partial charge on any atom is 0.242 e. The Morgan fingerprint density at radius 2 is 2.23 bits per heavy atom. The number of hydrogen-bond donors (Lipinski definition) is 2. The zero-order chi connectivity index (χ0) is 15.9. The number of likely N-dealkylation sites (tertiary alicyclic amines) is 1. The Morgan fingerprint density at radius 1 is 1.41 bits per heavy atom. The lowest BCUT2D eigenvalue weighted by molar-refractivity contribution is -0.133. The van der Waals surface area contributed by atoms with E-state index in [4.69, 9.17) is 0 Å². The molecule has 2 N–H and O–H groups in total. The van der Waals surface area contributed by atoms with Crippen molar-refractivity contribution in [1.82, 2.24) is 15.5 Å². The van der Waals surface area contributed by atoms with Crippen molar-refractivity contribution in [3.05, 3.63) is 35.6 Å². The first kappa shape index (κ1) is 16.4. The van der Waals surface area contributed by atoms with Gasteiger partial charge >= 0.3 is 0 Å². The van der Waals surface area contributed by atoms with Gasteiger partial charge in [0.05, 0.1) is 13.0 Å². The Bertz CT molecular complexity index is 536. The minimum Gasteiger partial charge on any atom is -0.347 e. The fourth-order valence-corrected chi connectivity index (χ4v) is 2.78. The van der Waals surface area contributed by atoms with Crippen LogP contribution < -0.4 is 10.6 Å². The van der Waals surface area contributed by atoms with Crippen LogP contribution >= 0.6 is 0 Å². The molecule has 2 rings (SSSR count). The number of rotatable bonds is 6. The molecule has 1 heterocycles. The van der Waals surface area contributed by atoms with Crippen molar-refractivity contribution >= 4 is 11.8 Å². The number of amides is 2. The van der Waals surface area contributed by atoms with E-state index in [1.165, 1.54) is 12.1 Å². The van der Waals surface area contributed by atoms with Crippen molar-refractivity contribution in [3.8, 4) is 0 Å². The molecule has 6 heteroatoms. The van der Waals surface area contributed by atoms with Gasteiger partial charge in [-0.15, -0.1) is 0 Å². The zero-order valence-electron chi connectivity index (χ0n) is 12.8. The van der Waals surface area contributed by atoms with Crippen LogP contribution in [0, 0.1) is 5.82 Å². The van der Waals surface area contributed by atoms with Crippen LogP contribution in [0.15, 0.2) is 24.3 Å². The predicted octanol–water partition coefficient (Wildman–Crippen LogP) is 0.695. The van der Waals surface area contributed by atoms with E-state index in [1.807, 2.05) is 11.9 Å². The second kappa shape index (κ2) is 7.89. The molecule has 5 nitrogen and oxygen atoms in total. The van der Waals surface area contributed by atoms with Crippen LogP contribution in [0.3, 0.4) is 0 Å². The molecule has 0 radical (unpaired) electrons. The quantitative estimate of drug-likeness (QED) is 0.813. The highest BCUT2D eigenvalue weighted by molar-refractivity contribution is 5.86. The van der Waals surface area contributed by atoms with Gasteiger partial charge in [-0.05, 0) is 37.6 Å². The van der Waals surface area contributed by atoms with Crippen LogP contribution in [-0.2, 0) is 16.0 Å². The number of nitrogens with zero attached hydrogens (tertiary/aromatic N) is 1. The number of benzene rings is 1. The molecule has 1 aromatic carbocycles. The van der Waals surface area contributed by atoms with E-state index in [0.29, 0.717) is 5.56 Å². The smallest absolute Gasteiger partial charge is 0.242 e. The molecule has 0 bridgehead atoms. The monoisotopic (exact) mass is 307 g/mol. The van der Waals surface area contributed by atoms with Crippen molar-refractivity contribution in [2.45, 2.75) is 25.3 Å². The Balaban J connectivity index is 1.79. The number of halogens is 1. The van der Waals surface area contributed by atoms with Crippen molar-refractivity contribution in [3.63, 3.8) is 0 Å². The fraction of sp³-hybridized carbons (Fsp3) is 0.500. The molecule has 1 saturated heterocycles. The molecule has 120 valence electrons. The summed E-state index contributed by atoms with van der Waals surface area (Å²) < 4.78 is 13.1. The Hall–Kier alpha value is -1.95. The molecule has 1 aromatic rings. The molecule has 0 aliphatic carbocycles. The third-order valence-electron chi connectivity index (χ3n) is 3.83. The molecule has 1 aliphatic heterocycles. The van der Waals surface area contributed by atoms with E-state index in [-0.39, 0.29) is 36.6 Å². The van der Waals surface area contributed by atoms with Gasteiger partial charge in [0, 0.05) is 19.1 Å². The van der Waals surface area contributed by atoms with Crippen molar-refractivity contribution < 1.29 is 14.0 Å². The van der Waals surface area contributed by atoms with Gasteiger partial charge in [0.25, 0.3) is 0 Å². The normalized spacial score (nSPS) is 17.5. The Labute approximate surface area is 129 Å². The largest absolute Gasteiger partial charge is 0.347 e. The zero-order valence-corrected chi connectivity index (χ0v) is 12.8. The van der Waals surface area contributed by atoms with Gasteiger partial charge in [0.15, 0.2) is 0 Å². The third-order valence-corrected chi connectivity index (χ3v) is 3.83. The van der Waals surface area contributed by atoms with Gasteiger partial charge in [-0.3, -0.25) is 9.59 Å². The standard InChI is InChI=1S/C16H22FN3O2/c1-18-10-14-6-3-7-20(14)16(22)11-19-15(21)9-12-4-2-5-13(17)8-12/h2,4-5,8,14,18H,3,6-7,9-11H2,1H3,(H,19,21). The van der Waals surface area contributed by atoms with E-state index >= 15 is 0 Å². The van der Waals surface area contributed by atoms with Crippen LogP contribution in [0.2, 0.25) is 0 Å². The molecular weight excluding hydrogens is 285 g/mol. The van der Waals surface area contributed by atoms with Crippen LogP contribution in [0.4, 0.5) is 4.39 Å². The summed E-state index contributed by atoms with van der Waals surface area (Å²) in [5, 5.41) is 5.70. The molecule has 22 heavy (non-hydrogen) atoms.